The van der Waals surface area contributed by atoms with Gasteiger partial charge in [-0.05, 0) is 25.0 Å². The van der Waals surface area contributed by atoms with E-state index in [0.29, 0.717) is 18.5 Å². The number of aryl methyl sites for hydroxylation is 1. The molecule has 0 unspecified atom stereocenters. The Hall–Kier alpha value is -2.11. The number of para-hydroxylation sites is 1. The third-order valence-corrected chi connectivity index (χ3v) is 2.68. The van der Waals surface area contributed by atoms with Gasteiger partial charge in [0.1, 0.15) is 5.82 Å². The number of carbonyl (C=O) groups is 2. The summed E-state index contributed by atoms with van der Waals surface area (Å²) in [6.45, 7) is 1.99. The van der Waals surface area contributed by atoms with Crippen molar-refractivity contribution in [3.8, 4) is 0 Å². The van der Waals surface area contributed by atoms with Crippen LogP contribution < -0.4 is 5.32 Å². The Morgan fingerprint density at radius 1 is 1.42 bits per heavy atom. The minimum atomic E-state index is -0.904. The van der Waals surface area contributed by atoms with E-state index in [1.807, 2.05) is 0 Å². The zero-order valence-electron chi connectivity index (χ0n) is 10.9. The second-order valence-corrected chi connectivity index (χ2v) is 4.28. The smallest absolute Gasteiger partial charge is 0.321 e. The van der Waals surface area contributed by atoms with E-state index in [-0.39, 0.29) is 12.1 Å². The van der Waals surface area contributed by atoms with Crippen molar-refractivity contribution in [3.63, 3.8) is 0 Å². The van der Waals surface area contributed by atoms with E-state index in [0.717, 1.165) is 0 Å². The molecule has 0 aliphatic heterocycles. The van der Waals surface area contributed by atoms with Crippen LogP contribution in [0.25, 0.3) is 0 Å². The van der Waals surface area contributed by atoms with Gasteiger partial charge in [0.2, 0.25) is 0 Å². The van der Waals surface area contributed by atoms with Crippen molar-refractivity contribution in [1.82, 2.24) is 4.90 Å². The molecule has 0 atom stereocenters. The number of urea groups is 1. The number of anilines is 1. The van der Waals surface area contributed by atoms with Gasteiger partial charge in [0, 0.05) is 20.0 Å². The molecule has 0 spiro atoms. The van der Waals surface area contributed by atoms with E-state index in [9.17, 15) is 14.0 Å². The Bertz CT molecular complexity index is 457. The van der Waals surface area contributed by atoms with Gasteiger partial charge in [-0.15, -0.1) is 0 Å². The standard InChI is InChI=1S/C13H17FN2O3/c1-9-5-3-6-10(14)12(9)15-13(19)16(2)8-4-7-11(17)18/h3,5-6H,4,7-8H2,1-2H3,(H,15,19)(H,17,18). The number of carboxylic acids is 1. The number of hydrogen-bond donors (Lipinski definition) is 2. The van der Waals surface area contributed by atoms with Crippen LogP contribution in [0.4, 0.5) is 14.9 Å². The summed E-state index contributed by atoms with van der Waals surface area (Å²) in [6.07, 6.45) is 0.353. The molecule has 104 valence electrons. The highest BCUT2D eigenvalue weighted by Crippen LogP contribution is 2.18. The highest BCUT2D eigenvalue weighted by atomic mass is 19.1. The van der Waals surface area contributed by atoms with Gasteiger partial charge in [-0.3, -0.25) is 4.79 Å². The van der Waals surface area contributed by atoms with E-state index in [1.54, 1.807) is 19.1 Å². The average molecular weight is 268 g/mol. The second-order valence-electron chi connectivity index (χ2n) is 4.28. The van der Waals surface area contributed by atoms with Gasteiger partial charge < -0.3 is 15.3 Å². The van der Waals surface area contributed by atoms with Gasteiger partial charge in [0.15, 0.2) is 0 Å². The Morgan fingerprint density at radius 3 is 2.68 bits per heavy atom. The number of nitrogens with zero attached hydrogens (tertiary/aromatic N) is 1. The molecule has 0 aromatic heterocycles. The molecule has 0 radical (unpaired) electrons. The summed E-state index contributed by atoms with van der Waals surface area (Å²) in [6, 6.07) is 4.08. The molecule has 6 heteroatoms. The number of halogens is 1. The summed E-state index contributed by atoms with van der Waals surface area (Å²) in [4.78, 5) is 23.5. The number of hydrogen-bond acceptors (Lipinski definition) is 2. The predicted molar refractivity (Wildman–Crippen MR) is 69.7 cm³/mol. The van der Waals surface area contributed by atoms with E-state index < -0.39 is 17.8 Å². The van der Waals surface area contributed by atoms with Gasteiger partial charge in [-0.25, -0.2) is 9.18 Å². The third kappa shape index (κ3) is 4.57. The summed E-state index contributed by atoms with van der Waals surface area (Å²) in [5, 5.41) is 11.0. The largest absolute Gasteiger partial charge is 0.481 e. The first-order chi connectivity index (χ1) is 8.91. The molecule has 0 aliphatic carbocycles. The molecular formula is C13H17FN2O3. The first-order valence-electron chi connectivity index (χ1n) is 5.91. The Morgan fingerprint density at radius 2 is 2.11 bits per heavy atom. The van der Waals surface area contributed by atoms with Crippen LogP contribution in [-0.4, -0.2) is 35.6 Å². The summed E-state index contributed by atoms with van der Waals surface area (Å²) in [5.74, 6) is -1.40. The maximum absolute atomic E-state index is 13.5. The van der Waals surface area contributed by atoms with Crippen molar-refractivity contribution in [2.24, 2.45) is 0 Å². The van der Waals surface area contributed by atoms with Crippen LogP contribution >= 0.6 is 0 Å². The van der Waals surface area contributed by atoms with E-state index in [4.69, 9.17) is 5.11 Å². The fraction of sp³-hybridized carbons (Fsp3) is 0.385. The van der Waals surface area contributed by atoms with Gasteiger partial charge in [-0.1, -0.05) is 12.1 Å². The minimum Gasteiger partial charge on any atom is -0.481 e. The first-order valence-corrected chi connectivity index (χ1v) is 5.91. The first kappa shape index (κ1) is 14.9. The summed E-state index contributed by atoms with van der Waals surface area (Å²) < 4.78 is 13.5. The Kier molecular flexibility index (Phi) is 5.29. The topological polar surface area (TPSA) is 69.6 Å². The normalized spacial score (nSPS) is 10.1. The Labute approximate surface area is 111 Å². The van der Waals surface area contributed by atoms with Crippen LogP contribution in [0.15, 0.2) is 18.2 Å². The van der Waals surface area contributed by atoms with E-state index >= 15 is 0 Å². The Balaban J connectivity index is 2.57. The van der Waals surface area contributed by atoms with Gasteiger partial charge in [-0.2, -0.15) is 0 Å². The predicted octanol–water partition coefficient (Wildman–Crippen LogP) is 2.46. The van der Waals surface area contributed by atoms with Crippen LogP contribution in [0.3, 0.4) is 0 Å². The van der Waals surface area contributed by atoms with Crippen LogP contribution in [0.5, 0.6) is 0 Å². The van der Waals surface area contributed by atoms with Crippen molar-refractivity contribution in [2.75, 3.05) is 18.9 Å². The molecule has 5 nitrogen and oxygen atoms in total. The minimum absolute atomic E-state index is 0.00363. The van der Waals surface area contributed by atoms with Gasteiger partial charge in [0.25, 0.3) is 0 Å². The zero-order chi connectivity index (χ0) is 14.4. The molecule has 1 aromatic carbocycles. The molecule has 0 bridgehead atoms. The lowest BCUT2D eigenvalue weighted by Crippen LogP contribution is -2.32. The zero-order valence-corrected chi connectivity index (χ0v) is 10.9. The van der Waals surface area contributed by atoms with Crippen molar-refractivity contribution >= 4 is 17.7 Å². The maximum Gasteiger partial charge on any atom is 0.321 e. The number of carbonyl (C=O) groups excluding carboxylic acids is 1. The van der Waals surface area contributed by atoms with Crippen molar-refractivity contribution < 1.29 is 19.1 Å². The number of benzene rings is 1. The molecule has 0 saturated carbocycles. The number of rotatable bonds is 5. The van der Waals surface area contributed by atoms with Crippen molar-refractivity contribution in [2.45, 2.75) is 19.8 Å². The lowest BCUT2D eigenvalue weighted by atomic mass is 10.2. The summed E-state index contributed by atoms with van der Waals surface area (Å²) in [7, 11) is 1.54. The molecule has 2 amide bonds. The molecule has 1 rings (SSSR count). The maximum atomic E-state index is 13.5. The van der Waals surface area contributed by atoms with Crippen molar-refractivity contribution in [3.05, 3.63) is 29.6 Å². The summed E-state index contributed by atoms with van der Waals surface area (Å²) >= 11 is 0. The lowest BCUT2D eigenvalue weighted by Gasteiger charge is -2.18. The average Bonchev–Trinajstić information content (AvgIpc) is 2.33. The van der Waals surface area contributed by atoms with Crippen molar-refractivity contribution in [1.29, 1.82) is 0 Å². The SMILES string of the molecule is Cc1cccc(F)c1NC(=O)N(C)CCCC(=O)O. The number of carboxylic acid groups (broad SMARTS) is 1. The fourth-order valence-corrected chi connectivity index (χ4v) is 1.56. The molecule has 1 aromatic rings. The second kappa shape index (κ2) is 6.72. The quantitative estimate of drug-likeness (QED) is 0.861. The van der Waals surface area contributed by atoms with Gasteiger partial charge in [0.05, 0.1) is 5.69 Å². The van der Waals surface area contributed by atoms with Crippen LogP contribution in [0.1, 0.15) is 18.4 Å². The van der Waals surface area contributed by atoms with Gasteiger partial charge >= 0.3 is 12.0 Å². The third-order valence-electron chi connectivity index (χ3n) is 2.68. The molecule has 0 fully saturated rings. The monoisotopic (exact) mass is 268 g/mol. The van der Waals surface area contributed by atoms with Crippen LogP contribution in [-0.2, 0) is 4.79 Å². The molecular weight excluding hydrogens is 251 g/mol. The number of amides is 2. The van der Waals surface area contributed by atoms with E-state index in [1.165, 1.54) is 18.0 Å². The number of nitrogens with one attached hydrogen (secondary N) is 1. The van der Waals surface area contributed by atoms with Crippen LogP contribution in [0, 0.1) is 12.7 Å². The molecule has 0 saturated heterocycles. The lowest BCUT2D eigenvalue weighted by molar-refractivity contribution is -0.137. The highest BCUT2D eigenvalue weighted by molar-refractivity contribution is 5.90. The number of aliphatic carboxylic acids is 1. The van der Waals surface area contributed by atoms with E-state index in [2.05, 4.69) is 5.32 Å². The molecule has 2 N–H and O–H groups in total. The molecule has 0 aliphatic rings. The highest BCUT2D eigenvalue weighted by Gasteiger charge is 2.13. The molecule has 0 heterocycles. The molecule has 19 heavy (non-hydrogen) atoms. The summed E-state index contributed by atoms with van der Waals surface area (Å²) in [5.41, 5.74) is 0.782. The van der Waals surface area contributed by atoms with Crippen LogP contribution in [0.2, 0.25) is 0 Å². The fourth-order valence-electron chi connectivity index (χ4n) is 1.56.